The fraction of sp³-hybridized carbons (Fsp3) is 0.571. The van der Waals surface area contributed by atoms with Crippen LogP contribution in [0.5, 0.6) is 11.5 Å². The second-order valence-electron chi connectivity index (χ2n) is 4.51. The van der Waals surface area contributed by atoms with Gasteiger partial charge in [0.25, 0.3) is 0 Å². The molecule has 3 nitrogen and oxygen atoms in total. The minimum atomic E-state index is -4.70. The highest BCUT2D eigenvalue weighted by Gasteiger charge is 2.31. The summed E-state index contributed by atoms with van der Waals surface area (Å²) < 4.78 is 45.9. The van der Waals surface area contributed by atoms with E-state index >= 15 is 0 Å². The normalized spacial score (nSPS) is 11.5. The van der Waals surface area contributed by atoms with Gasteiger partial charge in [0, 0.05) is 0 Å². The van der Waals surface area contributed by atoms with Crippen LogP contribution >= 0.6 is 15.9 Å². The summed E-state index contributed by atoms with van der Waals surface area (Å²) in [6.07, 6.45) is -0.448. The summed E-state index contributed by atoms with van der Waals surface area (Å²) in [5.41, 5.74) is 0. The summed E-state index contributed by atoms with van der Waals surface area (Å²) >= 11 is 3.04. The first-order valence-electron chi connectivity index (χ1n) is 6.75. The minimum Gasteiger partial charge on any atom is -0.494 e. The van der Waals surface area contributed by atoms with E-state index in [9.17, 15) is 13.2 Å². The zero-order valence-corrected chi connectivity index (χ0v) is 13.4. The maximum Gasteiger partial charge on any atom is 0.573 e. The molecule has 0 amide bonds. The number of ether oxygens (including phenoxy) is 2. The van der Waals surface area contributed by atoms with Gasteiger partial charge in [-0.15, -0.1) is 13.2 Å². The van der Waals surface area contributed by atoms with Gasteiger partial charge in [-0.1, -0.05) is 12.8 Å². The number of rotatable bonds is 9. The summed E-state index contributed by atoms with van der Waals surface area (Å²) in [7, 11) is 1.92. The Morgan fingerprint density at radius 2 is 1.86 bits per heavy atom. The predicted molar refractivity (Wildman–Crippen MR) is 78.7 cm³/mol. The van der Waals surface area contributed by atoms with Crippen molar-refractivity contribution >= 4 is 15.9 Å². The molecule has 120 valence electrons. The van der Waals surface area contributed by atoms with Gasteiger partial charge in [0.2, 0.25) is 0 Å². The molecule has 0 heterocycles. The van der Waals surface area contributed by atoms with Crippen molar-refractivity contribution in [3.8, 4) is 11.5 Å². The van der Waals surface area contributed by atoms with Crippen molar-refractivity contribution in [2.45, 2.75) is 32.0 Å². The molecule has 0 radical (unpaired) electrons. The van der Waals surface area contributed by atoms with Gasteiger partial charge in [0.15, 0.2) is 0 Å². The summed E-state index contributed by atoms with van der Waals surface area (Å²) in [5.74, 6) is 0.244. The maximum absolute atomic E-state index is 12.1. The standard InChI is InChI=1S/C14H19BrF3NO2/c1-19-8-4-2-3-5-9-20-11-6-7-13(12(15)10-11)21-14(16,17)18/h6-7,10,19H,2-5,8-9H2,1H3. The Hall–Kier alpha value is -0.950. The zero-order valence-electron chi connectivity index (χ0n) is 11.8. The molecule has 0 aliphatic carbocycles. The van der Waals surface area contributed by atoms with Gasteiger partial charge >= 0.3 is 6.36 Å². The lowest BCUT2D eigenvalue weighted by Gasteiger charge is -2.12. The number of unbranched alkanes of at least 4 members (excludes halogenated alkanes) is 3. The van der Waals surface area contributed by atoms with Gasteiger partial charge in [-0.25, -0.2) is 0 Å². The first-order valence-corrected chi connectivity index (χ1v) is 7.54. The van der Waals surface area contributed by atoms with Crippen LogP contribution in [0.3, 0.4) is 0 Å². The van der Waals surface area contributed by atoms with Crippen molar-refractivity contribution in [1.82, 2.24) is 5.32 Å². The maximum atomic E-state index is 12.1. The van der Waals surface area contributed by atoms with Gasteiger partial charge in [0.05, 0.1) is 11.1 Å². The Kier molecular flexibility index (Phi) is 7.88. The quantitative estimate of drug-likeness (QED) is 0.649. The van der Waals surface area contributed by atoms with Crippen LogP contribution in [-0.2, 0) is 0 Å². The molecule has 1 N–H and O–H groups in total. The average Bonchev–Trinajstić information content (AvgIpc) is 2.39. The van der Waals surface area contributed by atoms with Crippen LogP contribution in [0.25, 0.3) is 0 Å². The Balaban J connectivity index is 2.32. The number of hydrogen-bond acceptors (Lipinski definition) is 3. The fourth-order valence-corrected chi connectivity index (χ4v) is 2.16. The molecule has 0 fully saturated rings. The van der Waals surface area contributed by atoms with Crippen LogP contribution in [-0.4, -0.2) is 26.6 Å². The topological polar surface area (TPSA) is 30.5 Å². The molecule has 0 unspecified atom stereocenters. The van der Waals surface area contributed by atoms with Gasteiger partial charge in [-0.3, -0.25) is 0 Å². The molecule has 1 aromatic carbocycles. The van der Waals surface area contributed by atoms with E-state index in [1.165, 1.54) is 18.2 Å². The van der Waals surface area contributed by atoms with Gasteiger partial charge in [0.1, 0.15) is 11.5 Å². The molecule has 21 heavy (non-hydrogen) atoms. The molecule has 0 saturated carbocycles. The van der Waals surface area contributed by atoms with Crippen LogP contribution < -0.4 is 14.8 Å². The largest absolute Gasteiger partial charge is 0.573 e. The van der Waals surface area contributed by atoms with Crippen LogP contribution in [0.1, 0.15) is 25.7 Å². The molecule has 0 aliphatic heterocycles. The zero-order chi connectivity index (χ0) is 15.7. The summed E-state index contributed by atoms with van der Waals surface area (Å²) in [6.45, 7) is 1.56. The Labute approximate surface area is 130 Å². The van der Waals surface area contributed by atoms with Crippen molar-refractivity contribution in [3.63, 3.8) is 0 Å². The van der Waals surface area contributed by atoms with Crippen LogP contribution in [0.15, 0.2) is 22.7 Å². The van der Waals surface area contributed by atoms with E-state index in [0.29, 0.717) is 12.4 Å². The molecular formula is C14H19BrF3NO2. The van der Waals surface area contributed by atoms with E-state index in [2.05, 4.69) is 26.0 Å². The predicted octanol–water partition coefficient (Wildman–Crippen LogP) is 4.51. The number of hydrogen-bond donors (Lipinski definition) is 1. The second kappa shape index (κ2) is 9.15. The molecule has 0 aliphatic rings. The van der Waals surface area contributed by atoms with Crippen molar-refractivity contribution in [2.24, 2.45) is 0 Å². The number of alkyl halides is 3. The molecule has 0 aromatic heterocycles. The van der Waals surface area contributed by atoms with Crippen LogP contribution in [0, 0.1) is 0 Å². The van der Waals surface area contributed by atoms with Crippen molar-refractivity contribution < 1.29 is 22.6 Å². The van der Waals surface area contributed by atoms with E-state index < -0.39 is 6.36 Å². The van der Waals surface area contributed by atoms with Crippen LogP contribution in [0.4, 0.5) is 13.2 Å². The van der Waals surface area contributed by atoms with E-state index in [0.717, 1.165) is 32.2 Å². The number of halogens is 4. The lowest BCUT2D eigenvalue weighted by Crippen LogP contribution is -2.17. The van der Waals surface area contributed by atoms with Crippen LogP contribution in [0.2, 0.25) is 0 Å². The molecular weight excluding hydrogens is 351 g/mol. The molecule has 1 rings (SSSR count). The van der Waals surface area contributed by atoms with Gasteiger partial charge in [-0.05, 0) is 60.6 Å². The highest BCUT2D eigenvalue weighted by atomic mass is 79.9. The Morgan fingerprint density at radius 1 is 1.14 bits per heavy atom. The molecule has 1 aromatic rings. The second-order valence-corrected chi connectivity index (χ2v) is 5.36. The van der Waals surface area contributed by atoms with E-state index in [4.69, 9.17) is 4.74 Å². The van der Waals surface area contributed by atoms with E-state index in [1.807, 2.05) is 7.05 Å². The lowest BCUT2D eigenvalue weighted by molar-refractivity contribution is -0.274. The highest BCUT2D eigenvalue weighted by Crippen LogP contribution is 2.33. The third kappa shape index (κ3) is 8.16. The molecule has 0 bridgehead atoms. The third-order valence-corrected chi connectivity index (χ3v) is 3.34. The molecule has 7 heteroatoms. The summed E-state index contributed by atoms with van der Waals surface area (Å²) in [5, 5.41) is 3.08. The fourth-order valence-electron chi connectivity index (χ4n) is 1.73. The Morgan fingerprint density at radius 3 is 2.48 bits per heavy atom. The first-order chi connectivity index (χ1) is 9.92. The summed E-state index contributed by atoms with van der Waals surface area (Å²) in [6, 6.07) is 4.18. The number of benzene rings is 1. The van der Waals surface area contributed by atoms with Crippen molar-refractivity contribution in [3.05, 3.63) is 22.7 Å². The molecule has 0 spiro atoms. The minimum absolute atomic E-state index is 0.214. The average molecular weight is 370 g/mol. The smallest absolute Gasteiger partial charge is 0.494 e. The number of nitrogens with one attached hydrogen (secondary N) is 1. The third-order valence-electron chi connectivity index (χ3n) is 2.72. The Bertz CT molecular complexity index is 427. The highest BCUT2D eigenvalue weighted by molar-refractivity contribution is 9.10. The molecule has 0 atom stereocenters. The lowest BCUT2D eigenvalue weighted by atomic mass is 10.2. The van der Waals surface area contributed by atoms with E-state index in [-0.39, 0.29) is 10.2 Å². The monoisotopic (exact) mass is 369 g/mol. The van der Waals surface area contributed by atoms with Crippen molar-refractivity contribution in [1.29, 1.82) is 0 Å². The van der Waals surface area contributed by atoms with Gasteiger partial charge < -0.3 is 14.8 Å². The van der Waals surface area contributed by atoms with Gasteiger partial charge in [-0.2, -0.15) is 0 Å². The van der Waals surface area contributed by atoms with E-state index in [1.54, 1.807) is 0 Å². The van der Waals surface area contributed by atoms with Crippen molar-refractivity contribution in [2.75, 3.05) is 20.2 Å². The summed E-state index contributed by atoms with van der Waals surface area (Å²) in [4.78, 5) is 0. The SMILES string of the molecule is CNCCCCCCOc1ccc(OC(F)(F)F)c(Br)c1. The first kappa shape index (κ1) is 18.1. The molecule has 0 saturated heterocycles.